The highest BCUT2D eigenvalue weighted by Gasteiger charge is 2.38. The topological polar surface area (TPSA) is 64.1 Å². The van der Waals surface area contributed by atoms with Crippen molar-refractivity contribution in [3.05, 3.63) is 65.2 Å². The third-order valence-electron chi connectivity index (χ3n) is 5.78. The van der Waals surface area contributed by atoms with Crippen LogP contribution in [0.4, 0.5) is 0 Å². The summed E-state index contributed by atoms with van der Waals surface area (Å²) in [6, 6.07) is 16.8. The van der Waals surface area contributed by atoms with E-state index in [1.165, 1.54) is 9.87 Å². The Morgan fingerprint density at radius 2 is 1.59 bits per heavy atom. The molecule has 2 heterocycles. The highest BCUT2D eigenvalue weighted by atomic mass is 35.5. The lowest BCUT2D eigenvalue weighted by Crippen LogP contribution is -2.54. The van der Waals surface area contributed by atoms with Gasteiger partial charge < -0.3 is 5.11 Å². The molecule has 2 aromatic rings. The van der Waals surface area contributed by atoms with E-state index in [-0.39, 0.29) is 16.0 Å². The summed E-state index contributed by atoms with van der Waals surface area (Å²) < 4.78 is 27.3. The molecule has 0 saturated carbocycles. The second-order valence-electron chi connectivity index (χ2n) is 7.68. The highest BCUT2D eigenvalue weighted by molar-refractivity contribution is 7.89. The minimum Gasteiger partial charge on any atom is -0.390 e. The second-order valence-corrected chi connectivity index (χ2v) is 10.00. The molecule has 0 aliphatic carbocycles. The molecule has 29 heavy (non-hydrogen) atoms. The van der Waals surface area contributed by atoms with Gasteiger partial charge in [0.2, 0.25) is 10.0 Å². The Morgan fingerprint density at radius 1 is 0.931 bits per heavy atom. The van der Waals surface area contributed by atoms with Crippen LogP contribution in [-0.2, 0) is 16.6 Å². The molecule has 0 bridgehead atoms. The van der Waals surface area contributed by atoms with Gasteiger partial charge in [0.05, 0.1) is 11.1 Å². The van der Waals surface area contributed by atoms with E-state index in [1.54, 1.807) is 24.3 Å². The minimum atomic E-state index is -3.60. The zero-order valence-electron chi connectivity index (χ0n) is 16.2. The SMILES string of the molecule is O=S(=O)(c1ccccc1Cl)N1CCN([C@@H]2CN(Cc3ccccc3)CC2O)CC1. The van der Waals surface area contributed by atoms with Crippen molar-refractivity contribution in [1.82, 2.24) is 14.1 Å². The maximum absolute atomic E-state index is 12.9. The molecule has 2 aliphatic rings. The molecule has 2 atom stereocenters. The summed E-state index contributed by atoms with van der Waals surface area (Å²) in [5.41, 5.74) is 1.23. The fourth-order valence-electron chi connectivity index (χ4n) is 4.25. The van der Waals surface area contributed by atoms with Crippen molar-refractivity contribution in [2.75, 3.05) is 39.3 Å². The zero-order valence-corrected chi connectivity index (χ0v) is 17.8. The predicted molar refractivity (Wildman–Crippen MR) is 113 cm³/mol. The Bertz CT molecular complexity index is 933. The third kappa shape index (κ3) is 4.50. The number of β-amino-alcohol motifs (C(OH)–C–C–N with tert-alkyl or cyclic N) is 1. The first-order valence-electron chi connectivity index (χ1n) is 9.88. The van der Waals surface area contributed by atoms with Gasteiger partial charge in [-0.2, -0.15) is 4.31 Å². The fraction of sp³-hybridized carbons (Fsp3) is 0.429. The molecular formula is C21H26ClN3O3S. The summed E-state index contributed by atoms with van der Waals surface area (Å²) in [5.74, 6) is 0. The van der Waals surface area contributed by atoms with Crippen LogP contribution in [0.2, 0.25) is 5.02 Å². The van der Waals surface area contributed by atoms with Crippen LogP contribution in [0.3, 0.4) is 0 Å². The van der Waals surface area contributed by atoms with Gasteiger partial charge in [0, 0.05) is 51.9 Å². The minimum absolute atomic E-state index is 0.0314. The van der Waals surface area contributed by atoms with E-state index in [1.807, 2.05) is 18.2 Å². The van der Waals surface area contributed by atoms with Gasteiger partial charge in [-0.05, 0) is 17.7 Å². The molecule has 0 aromatic heterocycles. The summed E-state index contributed by atoms with van der Waals surface area (Å²) >= 11 is 6.11. The molecular weight excluding hydrogens is 410 g/mol. The summed E-state index contributed by atoms with van der Waals surface area (Å²) in [4.78, 5) is 4.64. The first-order chi connectivity index (χ1) is 13.9. The van der Waals surface area contributed by atoms with E-state index in [0.29, 0.717) is 32.7 Å². The van der Waals surface area contributed by atoms with E-state index >= 15 is 0 Å². The van der Waals surface area contributed by atoms with Gasteiger partial charge >= 0.3 is 0 Å². The van der Waals surface area contributed by atoms with Crippen molar-refractivity contribution in [3.63, 3.8) is 0 Å². The Morgan fingerprint density at radius 3 is 2.28 bits per heavy atom. The van der Waals surface area contributed by atoms with Crippen LogP contribution in [0.15, 0.2) is 59.5 Å². The first-order valence-corrected chi connectivity index (χ1v) is 11.7. The summed E-state index contributed by atoms with van der Waals surface area (Å²) in [7, 11) is -3.60. The molecule has 2 aliphatic heterocycles. The van der Waals surface area contributed by atoms with E-state index in [9.17, 15) is 13.5 Å². The molecule has 6 nitrogen and oxygen atoms in total. The Labute approximate surface area is 177 Å². The average molecular weight is 436 g/mol. The number of hydrogen-bond donors (Lipinski definition) is 1. The van der Waals surface area contributed by atoms with Crippen LogP contribution in [0.25, 0.3) is 0 Å². The van der Waals surface area contributed by atoms with Crippen molar-refractivity contribution >= 4 is 21.6 Å². The van der Waals surface area contributed by atoms with Gasteiger partial charge in [-0.1, -0.05) is 54.1 Å². The first kappa shape index (κ1) is 20.8. The van der Waals surface area contributed by atoms with Crippen molar-refractivity contribution < 1.29 is 13.5 Å². The smallest absolute Gasteiger partial charge is 0.244 e. The van der Waals surface area contributed by atoms with Crippen LogP contribution in [0.5, 0.6) is 0 Å². The molecule has 2 saturated heterocycles. The second kappa shape index (κ2) is 8.71. The van der Waals surface area contributed by atoms with Crippen molar-refractivity contribution in [3.8, 4) is 0 Å². The van der Waals surface area contributed by atoms with Crippen molar-refractivity contribution in [2.45, 2.75) is 23.6 Å². The van der Waals surface area contributed by atoms with Crippen LogP contribution in [-0.4, -0.2) is 79.0 Å². The van der Waals surface area contributed by atoms with Gasteiger partial charge in [0.25, 0.3) is 0 Å². The van der Waals surface area contributed by atoms with Crippen molar-refractivity contribution in [2.24, 2.45) is 0 Å². The quantitative estimate of drug-likeness (QED) is 0.777. The Hall–Kier alpha value is -1.48. The lowest BCUT2D eigenvalue weighted by atomic mass is 10.1. The summed E-state index contributed by atoms with van der Waals surface area (Å²) in [6.07, 6.45) is -0.426. The van der Waals surface area contributed by atoms with E-state index < -0.39 is 16.1 Å². The van der Waals surface area contributed by atoms with Gasteiger partial charge in [-0.25, -0.2) is 8.42 Å². The number of benzene rings is 2. The normalized spacial score (nSPS) is 24.8. The molecule has 1 N–H and O–H groups in total. The third-order valence-corrected chi connectivity index (χ3v) is 8.18. The predicted octanol–water partition coefficient (Wildman–Crippen LogP) is 1.89. The fourth-order valence-corrected chi connectivity index (χ4v) is 6.16. The van der Waals surface area contributed by atoms with Crippen LogP contribution >= 0.6 is 11.6 Å². The van der Waals surface area contributed by atoms with E-state index in [0.717, 1.165) is 13.1 Å². The van der Waals surface area contributed by atoms with Crippen LogP contribution in [0.1, 0.15) is 5.56 Å². The number of likely N-dealkylation sites (tertiary alicyclic amines) is 1. The largest absolute Gasteiger partial charge is 0.390 e. The molecule has 0 spiro atoms. The molecule has 8 heteroatoms. The summed E-state index contributed by atoms with van der Waals surface area (Å²) in [5, 5.41) is 10.8. The zero-order chi connectivity index (χ0) is 20.4. The maximum atomic E-state index is 12.9. The molecule has 0 amide bonds. The standard InChI is InChI=1S/C21H26ClN3O3S/c22-18-8-4-5-9-21(18)29(27,28)25-12-10-24(11-13-25)19-15-23(16-20(19)26)14-17-6-2-1-3-7-17/h1-9,19-20,26H,10-16H2/t19-,20?/m1/s1. The Balaban J connectivity index is 1.36. The van der Waals surface area contributed by atoms with Gasteiger partial charge in [0.1, 0.15) is 4.90 Å². The van der Waals surface area contributed by atoms with E-state index in [2.05, 4.69) is 21.9 Å². The molecule has 0 radical (unpaired) electrons. The van der Waals surface area contributed by atoms with E-state index in [4.69, 9.17) is 11.6 Å². The molecule has 2 fully saturated rings. The number of hydrogen-bond acceptors (Lipinski definition) is 5. The lowest BCUT2D eigenvalue weighted by Gasteiger charge is -2.38. The summed E-state index contributed by atoms with van der Waals surface area (Å²) in [6.45, 7) is 4.24. The molecule has 1 unspecified atom stereocenters. The molecule has 2 aromatic carbocycles. The van der Waals surface area contributed by atoms with Gasteiger partial charge in [-0.15, -0.1) is 0 Å². The molecule has 4 rings (SSSR count). The van der Waals surface area contributed by atoms with Gasteiger partial charge in [0.15, 0.2) is 0 Å². The van der Waals surface area contributed by atoms with Crippen LogP contribution < -0.4 is 0 Å². The Kier molecular flexibility index (Phi) is 6.24. The number of nitrogens with zero attached hydrogens (tertiary/aromatic N) is 3. The van der Waals surface area contributed by atoms with Crippen LogP contribution in [0, 0.1) is 0 Å². The monoisotopic (exact) mass is 435 g/mol. The number of aliphatic hydroxyl groups excluding tert-OH is 1. The van der Waals surface area contributed by atoms with Gasteiger partial charge in [-0.3, -0.25) is 9.80 Å². The van der Waals surface area contributed by atoms with Crippen molar-refractivity contribution in [1.29, 1.82) is 0 Å². The number of aliphatic hydroxyl groups is 1. The number of sulfonamides is 1. The number of piperazine rings is 1. The molecule has 156 valence electrons. The number of halogens is 1. The number of rotatable bonds is 5. The lowest BCUT2D eigenvalue weighted by molar-refractivity contribution is 0.0618. The average Bonchev–Trinajstić information content (AvgIpc) is 3.09. The maximum Gasteiger partial charge on any atom is 0.244 e. The highest BCUT2D eigenvalue weighted by Crippen LogP contribution is 2.26.